The lowest BCUT2D eigenvalue weighted by atomic mass is 10.2. The summed E-state index contributed by atoms with van der Waals surface area (Å²) in [6.07, 6.45) is -6.11. The van der Waals surface area contributed by atoms with Gasteiger partial charge in [0.2, 0.25) is 5.91 Å². The molecule has 1 heterocycles. The van der Waals surface area contributed by atoms with Gasteiger partial charge in [-0.25, -0.2) is 10.8 Å². The second-order valence-corrected chi connectivity index (χ2v) is 3.57. The van der Waals surface area contributed by atoms with Crippen molar-refractivity contribution in [2.24, 2.45) is 11.6 Å². The maximum atomic E-state index is 12.6. The van der Waals surface area contributed by atoms with Gasteiger partial charge in [0.1, 0.15) is 17.7 Å². The van der Waals surface area contributed by atoms with Gasteiger partial charge in [-0.1, -0.05) is 0 Å². The van der Waals surface area contributed by atoms with Crippen LogP contribution in [0.5, 0.6) is 0 Å². The Morgan fingerprint density at radius 2 is 2.00 bits per heavy atom. The number of primary amides is 1. The fourth-order valence-corrected chi connectivity index (χ4v) is 1.16. The number of nitrogens with one attached hydrogen (secondary N) is 2. The summed E-state index contributed by atoms with van der Waals surface area (Å²) in [5, 5.41) is 11.5. The maximum Gasteiger partial charge on any atom is 0.416 e. The van der Waals surface area contributed by atoms with Crippen molar-refractivity contribution in [3.05, 3.63) is 17.7 Å². The smallest absolute Gasteiger partial charge is 0.381 e. The van der Waals surface area contributed by atoms with Crippen molar-refractivity contribution in [1.82, 2.24) is 4.98 Å². The van der Waals surface area contributed by atoms with E-state index < -0.39 is 23.8 Å². The van der Waals surface area contributed by atoms with Crippen LogP contribution in [-0.4, -0.2) is 28.6 Å². The zero-order valence-corrected chi connectivity index (χ0v) is 9.53. The van der Waals surface area contributed by atoms with Crippen LogP contribution in [0.1, 0.15) is 5.56 Å². The van der Waals surface area contributed by atoms with Crippen LogP contribution < -0.4 is 22.3 Å². The second-order valence-electron chi connectivity index (χ2n) is 3.57. The minimum absolute atomic E-state index is 0.205. The van der Waals surface area contributed by atoms with Crippen LogP contribution in [0.4, 0.5) is 24.8 Å². The molecule has 10 heteroatoms. The summed E-state index contributed by atoms with van der Waals surface area (Å²) >= 11 is 0. The number of nitrogens with zero attached hydrogens (tertiary/aromatic N) is 1. The molecule has 0 bridgehead atoms. The Labute approximate surface area is 105 Å². The van der Waals surface area contributed by atoms with Crippen molar-refractivity contribution >= 4 is 17.5 Å². The summed E-state index contributed by atoms with van der Waals surface area (Å²) in [7, 11) is 0. The van der Waals surface area contributed by atoms with Gasteiger partial charge < -0.3 is 21.6 Å². The van der Waals surface area contributed by atoms with Gasteiger partial charge in [0.15, 0.2) is 0 Å². The van der Waals surface area contributed by atoms with Gasteiger partial charge in [-0.3, -0.25) is 4.79 Å². The number of carbonyl (C=O) groups excluding carboxylic acids is 1. The number of aliphatic hydroxyl groups excluding tert-OH is 1. The number of anilines is 2. The highest BCUT2D eigenvalue weighted by molar-refractivity contribution is 5.79. The topological polar surface area (TPSA) is 126 Å². The fourth-order valence-electron chi connectivity index (χ4n) is 1.16. The van der Waals surface area contributed by atoms with Gasteiger partial charge in [0, 0.05) is 0 Å². The van der Waals surface area contributed by atoms with Crippen LogP contribution in [0.3, 0.4) is 0 Å². The van der Waals surface area contributed by atoms with Gasteiger partial charge in [-0.15, -0.1) is 0 Å². The number of rotatable bonds is 5. The lowest BCUT2D eigenvalue weighted by Gasteiger charge is -2.13. The third-order valence-corrected chi connectivity index (χ3v) is 2.11. The summed E-state index contributed by atoms with van der Waals surface area (Å²) in [5.74, 6) is 3.58. The summed E-state index contributed by atoms with van der Waals surface area (Å²) in [4.78, 5) is 14.3. The zero-order valence-electron chi connectivity index (χ0n) is 9.53. The Hall–Kier alpha value is -2.07. The maximum absolute atomic E-state index is 12.6. The van der Waals surface area contributed by atoms with Crippen LogP contribution in [0.15, 0.2) is 12.1 Å². The number of aliphatic hydroxyl groups is 1. The van der Waals surface area contributed by atoms with Gasteiger partial charge in [-0.05, 0) is 12.1 Å². The van der Waals surface area contributed by atoms with Crippen molar-refractivity contribution in [3.63, 3.8) is 0 Å². The lowest BCUT2D eigenvalue weighted by molar-refractivity contribution is -0.137. The molecule has 1 rings (SSSR count). The molecule has 0 saturated heterocycles. The molecule has 0 radical (unpaired) electrons. The molecule has 19 heavy (non-hydrogen) atoms. The minimum atomic E-state index is -4.58. The number of nitrogens with two attached hydrogens (primary N) is 2. The number of hydrogen-bond donors (Lipinski definition) is 5. The van der Waals surface area contributed by atoms with E-state index >= 15 is 0 Å². The fraction of sp³-hybridized carbons (Fsp3) is 0.333. The van der Waals surface area contributed by atoms with Crippen LogP contribution in [0.25, 0.3) is 0 Å². The molecule has 0 spiro atoms. The van der Waals surface area contributed by atoms with Crippen molar-refractivity contribution in [3.8, 4) is 0 Å². The summed E-state index contributed by atoms with van der Waals surface area (Å²) in [6.45, 7) is -0.367. The molecule has 1 atom stereocenters. The highest BCUT2D eigenvalue weighted by Crippen LogP contribution is 2.31. The van der Waals surface area contributed by atoms with E-state index in [0.29, 0.717) is 6.07 Å². The van der Waals surface area contributed by atoms with Gasteiger partial charge in [-0.2, -0.15) is 13.2 Å². The van der Waals surface area contributed by atoms with Crippen molar-refractivity contribution in [1.29, 1.82) is 0 Å². The molecule has 1 aromatic rings. The highest BCUT2D eigenvalue weighted by atomic mass is 19.4. The normalized spacial score (nSPS) is 12.9. The van der Waals surface area contributed by atoms with Crippen LogP contribution in [-0.2, 0) is 11.0 Å². The molecule has 7 N–H and O–H groups in total. The lowest BCUT2D eigenvalue weighted by Crippen LogP contribution is -2.34. The average Bonchev–Trinajstić information content (AvgIpc) is 2.34. The first kappa shape index (κ1) is 15.0. The van der Waals surface area contributed by atoms with E-state index in [9.17, 15) is 18.0 Å². The number of carbonyl (C=O) groups is 1. The van der Waals surface area contributed by atoms with E-state index in [-0.39, 0.29) is 18.2 Å². The Morgan fingerprint density at radius 3 is 2.47 bits per heavy atom. The standard InChI is InChI=1S/C9H12F3N5O2/c10-9(11,12)4-1-6(16-7(2-4)17-14)15-3-5(18)8(13)19/h1-2,5,18H,3,14H2,(H2,13,19)(H2,15,16,17). The molecule has 1 aromatic heterocycles. The Morgan fingerprint density at radius 1 is 1.42 bits per heavy atom. The van der Waals surface area contributed by atoms with Crippen molar-refractivity contribution < 1.29 is 23.1 Å². The van der Waals surface area contributed by atoms with E-state index in [1.165, 1.54) is 0 Å². The van der Waals surface area contributed by atoms with E-state index in [0.717, 1.165) is 6.07 Å². The summed E-state index contributed by atoms with van der Waals surface area (Å²) in [6, 6.07) is 1.43. The Bertz CT molecular complexity index is 466. The largest absolute Gasteiger partial charge is 0.416 e. The molecule has 0 aliphatic heterocycles. The molecule has 0 aromatic carbocycles. The third kappa shape index (κ3) is 4.26. The predicted molar refractivity (Wildman–Crippen MR) is 60.7 cm³/mol. The number of nitrogen functional groups attached to an aromatic ring is 1. The molecule has 0 aliphatic carbocycles. The number of pyridine rings is 1. The number of amides is 1. The number of aromatic nitrogens is 1. The molecule has 0 fully saturated rings. The summed E-state index contributed by atoms with van der Waals surface area (Å²) in [5.41, 5.74) is 5.80. The van der Waals surface area contributed by atoms with Crippen LogP contribution in [0, 0.1) is 0 Å². The molecule has 1 unspecified atom stereocenters. The molecular weight excluding hydrogens is 267 g/mol. The third-order valence-electron chi connectivity index (χ3n) is 2.11. The van der Waals surface area contributed by atoms with Gasteiger partial charge in [0.25, 0.3) is 0 Å². The summed E-state index contributed by atoms with van der Waals surface area (Å²) < 4.78 is 37.7. The monoisotopic (exact) mass is 279 g/mol. The Kier molecular flexibility index (Phi) is 4.51. The van der Waals surface area contributed by atoms with Crippen molar-refractivity contribution in [2.45, 2.75) is 12.3 Å². The predicted octanol–water partition coefficient (Wildman–Crippen LogP) is -0.356. The van der Waals surface area contributed by atoms with E-state index in [1.54, 1.807) is 0 Å². The Balaban J connectivity index is 2.92. The first-order chi connectivity index (χ1) is 8.74. The molecule has 0 saturated carbocycles. The number of halogens is 3. The minimum Gasteiger partial charge on any atom is -0.381 e. The number of alkyl halides is 3. The van der Waals surface area contributed by atoms with Crippen molar-refractivity contribution in [2.75, 3.05) is 17.3 Å². The first-order valence-corrected chi connectivity index (χ1v) is 5.01. The van der Waals surface area contributed by atoms with E-state index in [4.69, 9.17) is 16.7 Å². The number of hydrogen-bond acceptors (Lipinski definition) is 6. The number of hydrazine groups is 1. The van der Waals surface area contributed by atoms with Crippen LogP contribution >= 0.6 is 0 Å². The SMILES string of the molecule is NNc1cc(C(F)(F)F)cc(NCC(O)C(N)=O)n1. The first-order valence-electron chi connectivity index (χ1n) is 5.01. The van der Waals surface area contributed by atoms with E-state index in [1.807, 2.05) is 5.43 Å². The molecule has 1 amide bonds. The highest BCUT2D eigenvalue weighted by Gasteiger charge is 2.31. The molecule has 106 valence electrons. The van der Waals surface area contributed by atoms with Crippen LogP contribution in [0.2, 0.25) is 0 Å². The molecule has 0 aliphatic rings. The average molecular weight is 279 g/mol. The van der Waals surface area contributed by atoms with Gasteiger partial charge in [0.05, 0.1) is 12.1 Å². The molecule has 7 nitrogen and oxygen atoms in total. The van der Waals surface area contributed by atoms with E-state index in [2.05, 4.69) is 10.3 Å². The quantitative estimate of drug-likeness (QED) is 0.370. The van der Waals surface area contributed by atoms with Gasteiger partial charge >= 0.3 is 6.18 Å². The molecular formula is C9H12F3N5O2. The second kappa shape index (κ2) is 5.71. The zero-order chi connectivity index (χ0) is 14.6.